The molecule has 0 spiro atoms. The highest BCUT2D eigenvalue weighted by atomic mass is 32.1. The first-order valence-electron chi connectivity index (χ1n) is 5.81. The van der Waals surface area contributed by atoms with Crippen molar-refractivity contribution in [3.63, 3.8) is 0 Å². The van der Waals surface area contributed by atoms with Crippen LogP contribution in [0.15, 0.2) is 5.38 Å². The number of hydrogen-bond donors (Lipinski definition) is 2. The number of aliphatic carboxylic acids is 1. The maximum absolute atomic E-state index is 11.7. The molecule has 1 heterocycles. The van der Waals surface area contributed by atoms with E-state index in [1.165, 1.54) is 11.3 Å². The van der Waals surface area contributed by atoms with E-state index in [4.69, 9.17) is 5.11 Å². The lowest BCUT2D eigenvalue weighted by atomic mass is 10.0. The van der Waals surface area contributed by atoms with Crippen LogP contribution in [0.5, 0.6) is 0 Å². The molecule has 6 heteroatoms. The van der Waals surface area contributed by atoms with Crippen LogP contribution in [-0.2, 0) is 16.0 Å². The van der Waals surface area contributed by atoms with Gasteiger partial charge in [-0.3, -0.25) is 4.79 Å². The summed E-state index contributed by atoms with van der Waals surface area (Å²) in [6, 6.07) is -0.822. The van der Waals surface area contributed by atoms with Gasteiger partial charge in [-0.15, -0.1) is 11.3 Å². The molecule has 1 amide bonds. The predicted octanol–water partition coefficient (Wildman–Crippen LogP) is 1.61. The van der Waals surface area contributed by atoms with Gasteiger partial charge >= 0.3 is 5.97 Å². The molecule has 0 saturated heterocycles. The number of thiazole rings is 1. The van der Waals surface area contributed by atoms with E-state index in [0.717, 1.165) is 5.01 Å². The average Bonchev–Trinajstić information content (AvgIpc) is 2.62. The number of carbonyl (C=O) groups excluding carboxylic acids is 1. The van der Waals surface area contributed by atoms with Crippen LogP contribution in [-0.4, -0.2) is 28.0 Å². The summed E-state index contributed by atoms with van der Waals surface area (Å²) in [5.74, 6) is -1.08. The van der Waals surface area contributed by atoms with Crippen LogP contribution in [0.1, 0.15) is 31.0 Å². The van der Waals surface area contributed by atoms with Crippen LogP contribution in [0.25, 0.3) is 0 Å². The average molecular weight is 270 g/mol. The SMILES string of the molecule is Cc1nc(CC(=O)N[C@@H](CC(C)C)C(=O)O)cs1. The molecule has 0 aliphatic heterocycles. The Morgan fingerprint density at radius 1 is 1.50 bits per heavy atom. The number of aryl methyl sites for hydroxylation is 1. The summed E-state index contributed by atoms with van der Waals surface area (Å²) in [6.07, 6.45) is 0.559. The van der Waals surface area contributed by atoms with Crippen molar-refractivity contribution in [2.45, 2.75) is 39.7 Å². The minimum Gasteiger partial charge on any atom is -0.480 e. The molecule has 1 atom stereocenters. The quantitative estimate of drug-likeness (QED) is 0.823. The molecule has 5 nitrogen and oxygen atoms in total. The van der Waals surface area contributed by atoms with Crippen LogP contribution in [0.3, 0.4) is 0 Å². The monoisotopic (exact) mass is 270 g/mol. The molecule has 1 rings (SSSR count). The third-order valence-corrected chi connectivity index (χ3v) is 3.17. The van der Waals surface area contributed by atoms with E-state index in [1.807, 2.05) is 26.2 Å². The lowest BCUT2D eigenvalue weighted by molar-refractivity contribution is -0.142. The highest BCUT2D eigenvalue weighted by Gasteiger charge is 2.21. The van der Waals surface area contributed by atoms with Gasteiger partial charge in [0.05, 0.1) is 17.1 Å². The molecule has 100 valence electrons. The predicted molar refractivity (Wildman–Crippen MR) is 69.6 cm³/mol. The number of carboxylic acids is 1. The fraction of sp³-hybridized carbons (Fsp3) is 0.583. The summed E-state index contributed by atoms with van der Waals surface area (Å²) in [4.78, 5) is 26.9. The molecule has 0 aromatic carbocycles. The van der Waals surface area contributed by atoms with E-state index >= 15 is 0 Å². The summed E-state index contributed by atoms with van der Waals surface area (Å²) < 4.78 is 0. The molecule has 0 unspecified atom stereocenters. The van der Waals surface area contributed by atoms with E-state index in [2.05, 4.69) is 10.3 Å². The summed E-state index contributed by atoms with van der Waals surface area (Å²) in [6.45, 7) is 5.71. The third kappa shape index (κ3) is 4.83. The lowest BCUT2D eigenvalue weighted by Gasteiger charge is -2.16. The topological polar surface area (TPSA) is 79.3 Å². The van der Waals surface area contributed by atoms with Gasteiger partial charge in [0.25, 0.3) is 0 Å². The van der Waals surface area contributed by atoms with Crippen molar-refractivity contribution in [2.24, 2.45) is 5.92 Å². The van der Waals surface area contributed by atoms with Crippen molar-refractivity contribution < 1.29 is 14.7 Å². The van der Waals surface area contributed by atoms with Gasteiger partial charge in [-0.25, -0.2) is 9.78 Å². The number of carbonyl (C=O) groups is 2. The maximum atomic E-state index is 11.7. The van der Waals surface area contributed by atoms with Crippen molar-refractivity contribution in [3.8, 4) is 0 Å². The normalized spacial score (nSPS) is 12.4. The minimum atomic E-state index is -0.994. The minimum absolute atomic E-state index is 0.131. The van der Waals surface area contributed by atoms with Gasteiger partial charge in [0.2, 0.25) is 5.91 Å². The van der Waals surface area contributed by atoms with Gasteiger partial charge < -0.3 is 10.4 Å². The summed E-state index contributed by atoms with van der Waals surface area (Å²) in [5.41, 5.74) is 0.684. The summed E-state index contributed by atoms with van der Waals surface area (Å²) in [5, 5.41) is 14.3. The number of nitrogens with one attached hydrogen (secondary N) is 1. The maximum Gasteiger partial charge on any atom is 0.326 e. The fourth-order valence-corrected chi connectivity index (χ4v) is 2.20. The Morgan fingerprint density at radius 3 is 2.61 bits per heavy atom. The fourth-order valence-electron chi connectivity index (χ4n) is 1.59. The zero-order chi connectivity index (χ0) is 13.7. The van der Waals surface area contributed by atoms with Gasteiger partial charge in [-0.1, -0.05) is 13.8 Å². The van der Waals surface area contributed by atoms with Crippen LogP contribution in [0.4, 0.5) is 0 Å². The number of aromatic nitrogens is 1. The summed E-state index contributed by atoms with van der Waals surface area (Å²) >= 11 is 1.47. The third-order valence-electron chi connectivity index (χ3n) is 2.35. The van der Waals surface area contributed by atoms with Gasteiger partial charge in [-0.2, -0.15) is 0 Å². The summed E-state index contributed by atoms with van der Waals surface area (Å²) in [7, 11) is 0. The van der Waals surface area contributed by atoms with Crippen molar-refractivity contribution >= 4 is 23.2 Å². The van der Waals surface area contributed by atoms with Gasteiger partial charge in [0.15, 0.2) is 0 Å². The molecule has 18 heavy (non-hydrogen) atoms. The van der Waals surface area contributed by atoms with E-state index < -0.39 is 12.0 Å². The second kappa shape index (κ2) is 6.49. The molecule has 1 aromatic heterocycles. The molecule has 0 saturated carbocycles. The molecule has 2 N–H and O–H groups in total. The molecule has 0 fully saturated rings. The first-order valence-corrected chi connectivity index (χ1v) is 6.69. The van der Waals surface area contributed by atoms with Crippen LogP contribution in [0.2, 0.25) is 0 Å². The molecular formula is C12H18N2O3S. The second-order valence-corrected chi connectivity index (χ2v) is 5.68. The smallest absolute Gasteiger partial charge is 0.326 e. The number of nitrogens with zero attached hydrogens (tertiary/aromatic N) is 1. The van der Waals surface area contributed by atoms with Crippen LogP contribution >= 0.6 is 11.3 Å². The van der Waals surface area contributed by atoms with E-state index in [-0.39, 0.29) is 18.2 Å². The van der Waals surface area contributed by atoms with Gasteiger partial charge in [0.1, 0.15) is 6.04 Å². The highest BCUT2D eigenvalue weighted by Crippen LogP contribution is 2.09. The van der Waals surface area contributed by atoms with Crippen molar-refractivity contribution in [2.75, 3.05) is 0 Å². The first kappa shape index (κ1) is 14.6. The molecular weight excluding hydrogens is 252 g/mol. The number of amides is 1. The highest BCUT2D eigenvalue weighted by molar-refractivity contribution is 7.09. The van der Waals surface area contributed by atoms with E-state index in [0.29, 0.717) is 12.1 Å². The molecule has 1 aromatic rings. The molecule has 0 aliphatic rings. The van der Waals surface area contributed by atoms with Crippen LogP contribution in [0, 0.1) is 12.8 Å². The molecule has 0 bridgehead atoms. The van der Waals surface area contributed by atoms with Crippen molar-refractivity contribution in [1.82, 2.24) is 10.3 Å². The Morgan fingerprint density at radius 2 is 2.17 bits per heavy atom. The van der Waals surface area contributed by atoms with Crippen molar-refractivity contribution in [1.29, 1.82) is 0 Å². The lowest BCUT2D eigenvalue weighted by Crippen LogP contribution is -2.42. The number of rotatable bonds is 6. The first-order chi connectivity index (χ1) is 8.38. The second-order valence-electron chi connectivity index (χ2n) is 4.62. The number of hydrogen-bond acceptors (Lipinski definition) is 4. The Labute approximate surface area is 110 Å². The standard InChI is InChI=1S/C12H18N2O3S/c1-7(2)4-10(12(16)17)14-11(15)5-9-6-18-8(3)13-9/h6-7,10H,4-5H2,1-3H3,(H,14,15)(H,16,17)/t10-/m0/s1. The van der Waals surface area contributed by atoms with Gasteiger partial charge in [-0.05, 0) is 19.3 Å². The van der Waals surface area contributed by atoms with Crippen molar-refractivity contribution in [3.05, 3.63) is 16.1 Å². The van der Waals surface area contributed by atoms with Gasteiger partial charge in [0, 0.05) is 5.38 Å². The molecule has 0 radical (unpaired) electrons. The largest absolute Gasteiger partial charge is 0.480 e. The Bertz CT molecular complexity index is 429. The zero-order valence-corrected chi connectivity index (χ0v) is 11.6. The Hall–Kier alpha value is -1.43. The Balaban J connectivity index is 2.53. The van der Waals surface area contributed by atoms with E-state index in [9.17, 15) is 9.59 Å². The van der Waals surface area contributed by atoms with Crippen LogP contribution < -0.4 is 5.32 Å². The zero-order valence-electron chi connectivity index (χ0n) is 10.8. The molecule has 0 aliphatic carbocycles. The number of carboxylic acid groups (broad SMARTS) is 1. The van der Waals surface area contributed by atoms with E-state index in [1.54, 1.807) is 0 Å². The Kier molecular flexibility index (Phi) is 5.27.